The molecule has 9 heteroatoms. The van der Waals surface area contributed by atoms with Crippen molar-refractivity contribution < 1.29 is 9.59 Å². The van der Waals surface area contributed by atoms with Crippen molar-refractivity contribution in [1.29, 1.82) is 0 Å². The first-order valence-electron chi connectivity index (χ1n) is 10.0. The molecular formula is C19H27N7O2. The van der Waals surface area contributed by atoms with Gasteiger partial charge in [-0.2, -0.15) is 14.6 Å². The van der Waals surface area contributed by atoms with Crippen molar-refractivity contribution in [1.82, 2.24) is 29.8 Å². The highest BCUT2D eigenvalue weighted by Gasteiger charge is 2.29. The van der Waals surface area contributed by atoms with E-state index in [4.69, 9.17) is 0 Å². The molecule has 4 rings (SSSR count). The Morgan fingerprint density at radius 3 is 2.61 bits per heavy atom. The second-order valence-electron chi connectivity index (χ2n) is 7.75. The van der Waals surface area contributed by atoms with Crippen LogP contribution in [0.5, 0.6) is 0 Å². The number of aryl methyl sites for hydroxylation is 1. The van der Waals surface area contributed by atoms with Crippen molar-refractivity contribution in [2.24, 2.45) is 5.92 Å². The van der Waals surface area contributed by atoms with E-state index in [0.717, 1.165) is 37.2 Å². The molecule has 1 saturated carbocycles. The van der Waals surface area contributed by atoms with Crippen LogP contribution in [0, 0.1) is 12.8 Å². The van der Waals surface area contributed by atoms with Gasteiger partial charge in [0.2, 0.25) is 11.8 Å². The molecule has 150 valence electrons. The maximum absolute atomic E-state index is 12.8. The highest BCUT2D eigenvalue weighted by Crippen LogP contribution is 2.25. The maximum atomic E-state index is 12.8. The molecule has 1 aliphatic carbocycles. The summed E-state index contributed by atoms with van der Waals surface area (Å²) in [4.78, 5) is 37.7. The highest BCUT2D eigenvalue weighted by atomic mass is 16.2. The number of anilines is 1. The quantitative estimate of drug-likeness (QED) is 0.835. The topological polar surface area (TPSA) is 95.7 Å². The average Bonchev–Trinajstić information content (AvgIpc) is 3.38. The van der Waals surface area contributed by atoms with E-state index in [1.54, 1.807) is 11.4 Å². The molecule has 28 heavy (non-hydrogen) atoms. The van der Waals surface area contributed by atoms with Crippen LogP contribution in [0.2, 0.25) is 0 Å². The summed E-state index contributed by atoms with van der Waals surface area (Å²) in [7, 11) is 0. The normalized spacial score (nSPS) is 19.2. The molecule has 0 radical (unpaired) electrons. The van der Waals surface area contributed by atoms with E-state index in [-0.39, 0.29) is 17.7 Å². The zero-order valence-electron chi connectivity index (χ0n) is 16.5. The van der Waals surface area contributed by atoms with Crippen molar-refractivity contribution in [3.8, 4) is 0 Å². The van der Waals surface area contributed by atoms with E-state index in [1.165, 1.54) is 6.33 Å². The minimum absolute atomic E-state index is 0.0113. The van der Waals surface area contributed by atoms with Crippen LogP contribution >= 0.6 is 0 Å². The van der Waals surface area contributed by atoms with Crippen LogP contribution in [-0.4, -0.2) is 68.5 Å². The van der Waals surface area contributed by atoms with Crippen LogP contribution < -0.4 is 10.2 Å². The molecule has 1 atom stereocenters. The minimum atomic E-state index is -0.482. The maximum Gasteiger partial charge on any atom is 0.254 e. The monoisotopic (exact) mass is 385 g/mol. The number of nitrogens with one attached hydrogen (secondary N) is 1. The summed E-state index contributed by atoms with van der Waals surface area (Å²) in [5, 5.41) is 7.18. The number of carbonyl (C=O) groups excluding carboxylic acids is 2. The summed E-state index contributed by atoms with van der Waals surface area (Å²) in [5.41, 5.74) is 0.886. The summed E-state index contributed by atoms with van der Waals surface area (Å²) in [6, 6.07) is 1.51. The molecule has 0 bridgehead atoms. The van der Waals surface area contributed by atoms with E-state index < -0.39 is 6.04 Å². The van der Waals surface area contributed by atoms with Gasteiger partial charge < -0.3 is 15.1 Å². The fourth-order valence-electron chi connectivity index (χ4n) is 4.15. The largest absolute Gasteiger partial charge is 0.353 e. The Balaban J connectivity index is 1.36. The second-order valence-corrected chi connectivity index (χ2v) is 7.75. The number of amides is 2. The number of carbonyl (C=O) groups is 2. The SMILES string of the molecule is Cc1cc(N2CCN(C(=O)C(C)NC(=O)C3CCCC3)CC2)n2ncnc2n1. The molecule has 2 fully saturated rings. The lowest BCUT2D eigenvalue weighted by Crippen LogP contribution is -2.55. The third kappa shape index (κ3) is 3.65. The number of hydrogen-bond acceptors (Lipinski definition) is 6. The Hall–Kier alpha value is -2.71. The van der Waals surface area contributed by atoms with Gasteiger partial charge in [0.1, 0.15) is 18.2 Å². The molecule has 2 aromatic heterocycles. The molecule has 2 aliphatic rings. The number of piperazine rings is 1. The molecule has 1 saturated heterocycles. The summed E-state index contributed by atoms with van der Waals surface area (Å²) < 4.78 is 1.73. The average molecular weight is 385 g/mol. The number of fused-ring (bicyclic) bond motifs is 1. The Bertz CT molecular complexity index is 866. The molecular weight excluding hydrogens is 358 g/mol. The van der Waals surface area contributed by atoms with E-state index in [1.807, 2.05) is 17.9 Å². The number of rotatable bonds is 4. The first kappa shape index (κ1) is 18.6. The summed E-state index contributed by atoms with van der Waals surface area (Å²) in [6.07, 6.45) is 5.59. The van der Waals surface area contributed by atoms with E-state index >= 15 is 0 Å². The van der Waals surface area contributed by atoms with Gasteiger partial charge in [-0.3, -0.25) is 9.59 Å². The van der Waals surface area contributed by atoms with Gasteiger partial charge in [0.25, 0.3) is 5.78 Å². The van der Waals surface area contributed by atoms with Gasteiger partial charge in [-0.05, 0) is 26.7 Å². The number of hydrogen-bond donors (Lipinski definition) is 1. The number of nitrogens with zero attached hydrogens (tertiary/aromatic N) is 6. The molecule has 9 nitrogen and oxygen atoms in total. The van der Waals surface area contributed by atoms with Crippen molar-refractivity contribution in [2.45, 2.75) is 45.6 Å². The standard InChI is InChI=1S/C19H27N7O2/c1-13-11-16(26-19(22-13)20-12-21-26)24-7-9-25(10-8-24)18(28)14(2)23-17(27)15-5-3-4-6-15/h11-12,14-15H,3-10H2,1-2H3,(H,23,27). The van der Waals surface area contributed by atoms with Gasteiger partial charge >= 0.3 is 0 Å². The first-order chi connectivity index (χ1) is 13.5. The zero-order valence-corrected chi connectivity index (χ0v) is 16.5. The van der Waals surface area contributed by atoms with Crippen molar-refractivity contribution in [3.05, 3.63) is 18.1 Å². The van der Waals surface area contributed by atoms with Crippen molar-refractivity contribution in [3.63, 3.8) is 0 Å². The molecule has 1 N–H and O–H groups in total. The third-order valence-corrected chi connectivity index (χ3v) is 5.73. The number of aromatic nitrogens is 4. The fraction of sp³-hybridized carbons (Fsp3) is 0.632. The van der Waals surface area contributed by atoms with Gasteiger partial charge in [0.05, 0.1) is 0 Å². The van der Waals surface area contributed by atoms with Crippen LogP contribution in [-0.2, 0) is 9.59 Å². The third-order valence-electron chi connectivity index (χ3n) is 5.73. The van der Waals surface area contributed by atoms with E-state index in [9.17, 15) is 9.59 Å². The molecule has 2 amide bonds. The summed E-state index contributed by atoms with van der Waals surface area (Å²) >= 11 is 0. The van der Waals surface area contributed by atoms with E-state index in [2.05, 4.69) is 25.3 Å². The smallest absolute Gasteiger partial charge is 0.254 e. The molecule has 1 unspecified atom stereocenters. The van der Waals surface area contributed by atoms with Crippen LogP contribution in [0.1, 0.15) is 38.3 Å². The highest BCUT2D eigenvalue weighted by molar-refractivity contribution is 5.88. The van der Waals surface area contributed by atoms with E-state index in [0.29, 0.717) is 32.0 Å². The Morgan fingerprint density at radius 1 is 1.18 bits per heavy atom. The van der Waals surface area contributed by atoms with Gasteiger partial charge in [-0.15, -0.1) is 0 Å². The Labute approximate surface area is 164 Å². The predicted molar refractivity (Wildman–Crippen MR) is 104 cm³/mol. The van der Waals surface area contributed by atoms with Gasteiger partial charge in [0.15, 0.2) is 0 Å². The molecule has 2 aromatic rings. The molecule has 1 aliphatic heterocycles. The Morgan fingerprint density at radius 2 is 1.89 bits per heavy atom. The van der Waals surface area contributed by atoms with Crippen molar-refractivity contribution >= 4 is 23.4 Å². The van der Waals surface area contributed by atoms with Crippen LogP contribution in [0.15, 0.2) is 12.4 Å². The molecule has 3 heterocycles. The van der Waals surface area contributed by atoms with Gasteiger partial charge in [0, 0.05) is 43.9 Å². The molecule has 0 aromatic carbocycles. The predicted octanol–water partition coefficient (Wildman–Crippen LogP) is 0.776. The van der Waals surface area contributed by atoms with Crippen LogP contribution in [0.4, 0.5) is 5.82 Å². The second kappa shape index (κ2) is 7.73. The lowest BCUT2D eigenvalue weighted by atomic mass is 10.1. The lowest BCUT2D eigenvalue weighted by Gasteiger charge is -2.37. The van der Waals surface area contributed by atoms with Crippen LogP contribution in [0.25, 0.3) is 5.78 Å². The zero-order chi connectivity index (χ0) is 19.7. The fourth-order valence-corrected chi connectivity index (χ4v) is 4.15. The summed E-state index contributed by atoms with van der Waals surface area (Å²) in [6.45, 7) is 6.35. The van der Waals surface area contributed by atoms with Gasteiger partial charge in [-0.25, -0.2) is 4.98 Å². The van der Waals surface area contributed by atoms with Crippen molar-refractivity contribution in [2.75, 3.05) is 31.1 Å². The minimum Gasteiger partial charge on any atom is -0.353 e. The lowest BCUT2D eigenvalue weighted by molar-refractivity contribution is -0.137. The summed E-state index contributed by atoms with van der Waals surface area (Å²) in [5.74, 6) is 1.61. The first-order valence-corrected chi connectivity index (χ1v) is 10.0. The van der Waals surface area contributed by atoms with Gasteiger partial charge in [-0.1, -0.05) is 12.8 Å². The molecule has 0 spiro atoms. The van der Waals surface area contributed by atoms with Crippen LogP contribution in [0.3, 0.4) is 0 Å². The Kier molecular flexibility index (Phi) is 5.15.